The Morgan fingerprint density at radius 3 is 2.36 bits per heavy atom. The molecule has 2 aliphatic rings. The van der Waals surface area contributed by atoms with E-state index < -0.39 is 0 Å². The molecule has 0 radical (unpaired) electrons. The van der Waals surface area contributed by atoms with E-state index in [-0.39, 0.29) is 24.0 Å². The molecule has 0 aromatic heterocycles. The first-order chi connectivity index (χ1) is 13.6. The number of para-hydroxylation sites is 1. The Morgan fingerprint density at radius 1 is 1.04 bits per heavy atom. The van der Waals surface area contributed by atoms with Crippen molar-refractivity contribution in [3.05, 3.63) is 65.7 Å². The Labute approximate surface area is 165 Å². The Morgan fingerprint density at radius 2 is 1.71 bits per heavy atom. The zero-order chi connectivity index (χ0) is 19.6. The molecule has 2 fully saturated rings. The van der Waals surface area contributed by atoms with Gasteiger partial charge in [0.15, 0.2) is 0 Å². The third-order valence-corrected chi connectivity index (χ3v) is 5.89. The minimum absolute atomic E-state index is 0.00801. The predicted octanol–water partition coefficient (Wildman–Crippen LogP) is 3.29. The molecular weight excluding hydrogens is 352 g/mol. The number of carbonyl (C=O) groups excluding carboxylic acids is 2. The van der Waals surface area contributed by atoms with Gasteiger partial charge in [-0.15, -0.1) is 0 Å². The summed E-state index contributed by atoms with van der Waals surface area (Å²) in [5.74, 6) is 0.0654. The van der Waals surface area contributed by atoms with Crippen LogP contribution in [0.3, 0.4) is 0 Å². The first kappa shape index (κ1) is 18.7. The Hall–Kier alpha value is -2.66. The number of likely N-dealkylation sites (tertiary alicyclic amines) is 1. The zero-order valence-electron chi connectivity index (χ0n) is 16.3. The summed E-state index contributed by atoms with van der Waals surface area (Å²) < 4.78 is 6.01. The number of rotatable bonds is 3. The standard InChI is InChI=1S/C23H26N2O3/c1-2-18-8-10-19(11-9-18)22(27)24-14-12-23(13-15-24)17-25(21(26)16-28-23)20-6-4-3-5-7-20/h3-11H,2,12-17H2,1H3. The number of aryl methyl sites for hydroxylation is 1. The molecule has 5 heteroatoms. The summed E-state index contributed by atoms with van der Waals surface area (Å²) in [5, 5.41) is 0. The van der Waals surface area contributed by atoms with Gasteiger partial charge in [-0.2, -0.15) is 0 Å². The summed E-state index contributed by atoms with van der Waals surface area (Å²) in [6.45, 7) is 4.04. The lowest BCUT2D eigenvalue weighted by molar-refractivity contribution is -0.143. The smallest absolute Gasteiger partial charge is 0.253 e. The molecular formula is C23H26N2O3. The minimum atomic E-state index is -0.368. The Bertz CT molecular complexity index is 840. The summed E-state index contributed by atoms with van der Waals surface area (Å²) in [4.78, 5) is 28.9. The fraction of sp³-hybridized carbons (Fsp3) is 0.391. The molecule has 2 saturated heterocycles. The molecule has 0 N–H and O–H groups in total. The van der Waals surface area contributed by atoms with Crippen molar-refractivity contribution in [2.45, 2.75) is 31.8 Å². The van der Waals surface area contributed by atoms with Crippen LogP contribution in [0.5, 0.6) is 0 Å². The summed E-state index contributed by atoms with van der Waals surface area (Å²) >= 11 is 0. The largest absolute Gasteiger partial charge is 0.363 e. The number of morpholine rings is 1. The highest BCUT2D eigenvalue weighted by Gasteiger charge is 2.43. The average Bonchev–Trinajstić information content (AvgIpc) is 2.76. The first-order valence-electron chi connectivity index (χ1n) is 9.98. The number of benzene rings is 2. The van der Waals surface area contributed by atoms with Gasteiger partial charge in [0.2, 0.25) is 0 Å². The van der Waals surface area contributed by atoms with Crippen LogP contribution in [0.15, 0.2) is 54.6 Å². The number of hydrogen-bond donors (Lipinski definition) is 0. The third kappa shape index (κ3) is 3.67. The van der Waals surface area contributed by atoms with Crippen molar-refractivity contribution in [1.29, 1.82) is 0 Å². The van der Waals surface area contributed by atoms with E-state index >= 15 is 0 Å². The maximum absolute atomic E-state index is 12.8. The molecule has 2 heterocycles. The molecule has 0 unspecified atom stereocenters. The van der Waals surface area contributed by atoms with Crippen LogP contribution in [0.4, 0.5) is 5.69 Å². The van der Waals surface area contributed by atoms with Crippen molar-refractivity contribution in [1.82, 2.24) is 4.90 Å². The van der Waals surface area contributed by atoms with Crippen molar-refractivity contribution in [3.8, 4) is 0 Å². The molecule has 2 aromatic carbocycles. The highest BCUT2D eigenvalue weighted by atomic mass is 16.5. The van der Waals surface area contributed by atoms with Gasteiger partial charge in [0.25, 0.3) is 11.8 Å². The van der Waals surface area contributed by atoms with E-state index in [1.165, 1.54) is 5.56 Å². The molecule has 0 aliphatic carbocycles. The Balaban J connectivity index is 1.42. The van der Waals surface area contributed by atoms with E-state index in [0.29, 0.717) is 19.6 Å². The van der Waals surface area contributed by atoms with Gasteiger partial charge < -0.3 is 14.5 Å². The fourth-order valence-corrected chi connectivity index (χ4v) is 4.04. The van der Waals surface area contributed by atoms with Crippen LogP contribution in [-0.2, 0) is 16.0 Å². The third-order valence-electron chi connectivity index (χ3n) is 5.89. The van der Waals surface area contributed by atoms with Crippen LogP contribution in [0, 0.1) is 0 Å². The molecule has 146 valence electrons. The topological polar surface area (TPSA) is 49.9 Å². The molecule has 2 aliphatic heterocycles. The van der Waals surface area contributed by atoms with Crippen molar-refractivity contribution in [3.63, 3.8) is 0 Å². The van der Waals surface area contributed by atoms with Gasteiger partial charge in [0.1, 0.15) is 6.61 Å². The van der Waals surface area contributed by atoms with E-state index in [1.807, 2.05) is 64.4 Å². The highest BCUT2D eigenvalue weighted by Crippen LogP contribution is 2.33. The molecule has 1 spiro atoms. The monoisotopic (exact) mass is 378 g/mol. The van der Waals surface area contributed by atoms with E-state index in [4.69, 9.17) is 4.74 Å². The maximum atomic E-state index is 12.8. The summed E-state index contributed by atoms with van der Waals surface area (Å²) in [7, 11) is 0. The van der Waals surface area contributed by atoms with Crippen molar-refractivity contribution in [2.75, 3.05) is 31.1 Å². The van der Waals surface area contributed by atoms with E-state index in [1.54, 1.807) is 0 Å². The Kier molecular flexibility index (Phi) is 5.18. The van der Waals surface area contributed by atoms with E-state index in [9.17, 15) is 9.59 Å². The molecule has 0 atom stereocenters. The van der Waals surface area contributed by atoms with Gasteiger partial charge in [0, 0.05) is 24.3 Å². The molecule has 5 nitrogen and oxygen atoms in total. The normalized spacial score (nSPS) is 19.1. The second-order valence-electron chi connectivity index (χ2n) is 7.63. The summed E-state index contributed by atoms with van der Waals surface area (Å²) in [5.41, 5.74) is 2.51. The quantitative estimate of drug-likeness (QED) is 0.824. The summed E-state index contributed by atoms with van der Waals surface area (Å²) in [6.07, 6.45) is 2.44. The van der Waals surface area contributed by atoms with Gasteiger partial charge in [-0.05, 0) is 49.1 Å². The maximum Gasteiger partial charge on any atom is 0.253 e. The number of carbonyl (C=O) groups is 2. The van der Waals surface area contributed by atoms with Gasteiger partial charge in [-0.3, -0.25) is 9.59 Å². The lowest BCUT2D eigenvalue weighted by Crippen LogP contribution is -2.59. The number of hydrogen-bond acceptors (Lipinski definition) is 3. The van der Waals surface area contributed by atoms with Gasteiger partial charge in [-0.1, -0.05) is 37.3 Å². The van der Waals surface area contributed by atoms with E-state index in [2.05, 4.69) is 6.92 Å². The number of piperidine rings is 1. The van der Waals surface area contributed by atoms with Crippen LogP contribution in [0.25, 0.3) is 0 Å². The predicted molar refractivity (Wildman–Crippen MR) is 108 cm³/mol. The lowest BCUT2D eigenvalue weighted by atomic mass is 9.88. The first-order valence-corrected chi connectivity index (χ1v) is 9.98. The van der Waals surface area contributed by atoms with Gasteiger partial charge >= 0.3 is 0 Å². The number of ether oxygens (including phenoxy) is 1. The number of nitrogens with zero attached hydrogens (tertiary/aromatic N) is 2. The lowest BCUT2D eigenvalue weighted by Gasteiger charge is -2.47. The van der Waals surface area contributed by atoms with Gasteiger partial charge in [-0.25, -0.2) is 0 Å². The van der Waals surface area contributed by atoms with Gasteiger partial charge in [0.05, 0.1) is 12.1 Å². The second-order valence-corrected chi connectivity index (χ2v) is 7.63. The highest BCUT2D eigenvalue weighted by molar-refractivity contribution is 5.95. The van der Waals surface area contributed by atoms with E-state index in [0.717, 1.165) is 30.5 Å². The van der Waals surface area contributed by atoms with Crippen molar-refractivity contribution in [2.24, 2.45) is 0 Å². The van der Waals surface area contributed by atoms with Crippen LogP contribution < -0.4 is 4.90 Å². The van der Waals surface area contributed by atoms with Crippen LogP contribution >= 0.6 is 0 Å². The molecule has 0 saturated carbocycles. The van der Waals surface area contributed by atoms with Crippen LogP contribution in [0.1, 0.15) is 35.7 Å². The number of amides is 2. The summed E-state index contributed by atoms with van der Waals surface area (Å²) in [6, 6.07) is 17.6. The SMILES string of the molecule is CCc1ccc(C(=O)N2CCC3(CC2)CN(c2ccccc2)C(=O)CO3)cc1. The molecule has 4 rings (SSSR count). The fourth-order valence-electron chi connectivity index (χ4n) is 4.04. The molecule has 2 aromatic rings. The number of anilines is 1. The van der Waals surface area contributed by atoms with Crippen molar-refractivity contribution < 1.29 is 14.3 Å². The minimum Gasteiger partial charge on any atom is -0.363 e. The average molecular weight is 378 g/mol. The second kappa shape index (κ2) is 7.76. The molecule has 28 heavy (non-hydrogen) atoms. The van der Waals surface area contributed by atoms with Crippen molar-refractivity contribution >= 4 is 17.5 Å². The van der Waals surface area contributed by atoms with Crippen LogP contribution in [-0.4, -0.2) is 48.6 Å². The molecule has 0 bridgehead atoms. The molecule has 2 amide bonds. The van der Waals surface area contributed by atoms with Crippen LogP contribution in [0.2, 0.25) is 0 Å². The zero-order valence-corrected chi connectivity index (χ0v) is 16.3.